The predicted molar refractivity (Wildman–Crippen MR) is 96.6 cm³/mol. The van der Waals surface area contributed by atoms with Crippen LogP contribution in [0.3, 0.4) is 0 Å². The molecule has 1 amide bonds. The Bertz CT molecular complexity index is 724. The number of benzene rings is 2. The zero-order valence-corrected chi connectivity index (χ0v) is 14.9. The van der Waals surface area contributed by atoms with E-state index in [-0.39, 0.29) is 0 Å². The van der Waals surface area contributed by atoms with E-state index in [4.69, 9.17) is 9.47 Å². The van der Waals surface area contributed by atoms with Crippen LogP contribution in [0.25, 0.3) is 0 Å². The average molecular weight is 346 g/mol. The summed E-state index contributed by atoms with van der Waals surface area (Å²) in [5, 5.41) is 5.76. The average Bonchev–Trinajstić information content (AvgIpc) is 2.54. The van der Waals surface area contributed by atoms with Crippen LogP contribution in [0.5, 0.6) is 5.75 Å². The molecule has 134 valence electrons. The van der Waals surface area contributed by atoms with Crippen LogP contribution in [0, 0.1) is 5.82 Å². The van der Waals surface area contributed by atoms with E-state index >= 15 is 0 Å². The van der Waals surface area contributed by atoms with Gasteiger partial charge in [-0.15, -0.1) is 0 Å². The highest BCUT2D eigenvalue weighted by Gasteiger charge is 2.17. The molecule has 5 nitrogen and oxygen atoms in total. The van der Waals surface area contributed by atoms with E-state index in [9.17, 15) is 9.18 Å². The third-order valence-electron chi connectivity index (χ3n) is 3.26. The SMILES string of the molecule is COc1ccc(CNc2cc(F)ccc2NC(=O)OC(C)(C)C)cc1. The second-order valence-electron chi connectivity index (χ2n) is 6.52. The van der Waals surface area contributed by atoms with E-state index in [1.165, 1.54) is 18.2 Å². The van der Waals surface area contributed by atoms with Crippen molar-refractivity contribution in [1.29, 1.82) is 0 Å². The standard InChI is InChI=1S/C19H23FN2O3/c1-19(2,3)25-18(23)22-16-10-7-14(20)11-17(16)21-12-13-5-8-15(24-4)9-6-13/h5-11,21H,12H2,1-4H3,(H,22,23). The minimum atomic E-state index is -0.610. The Morgan fingerprint density at radius 2 is 1.76 bits per heavy atom. The molecule has 0 aliphatic heterocycles. The first-order chi connectivity index (χ1) is 11.8. The van der Waals surface area contributed by atoms with Gasteiger partial charge in [0.25, 0.3) is 0 Å². The maximum Gasteiger partial charge on any atom is 0.412 e. The van der Waals surface area contributed by atoms with Crippen molar-refractivity contribution >= 4 is 17.5 Å². The number of carbonyl (C=O) groups excluding carboxylic acids is 1. The van der Waals surface area contributed by atoms with Crippen LogP contribution in [0.2, 0.25) is 0 Å². The topological polar surface area (TPSA) is 59.6 Å². The van der Waals surface area contributed by atoms with Gasteiger partial charge in [-0.1, -0.05) is 12.1 Å². The lowest BCUT2D eigenvalue weighted by Crippen LogP contribution is -2.27. The minimum Gasteiger partial charge on any atom is -0.497 e. The molecule has 6 heteroatoms. The lowest BCUT2D eigenvalue weighted by molar-refractivity contribution is 0.0636. The molecule has 0 radical (unpaired) electrons. The minimum absolute atomic E-state index is 0.396. The van der Waals surface area contributed by atoms with Crippen molar-refractivity contribution in [3.8, 4) is 5.75 Å². The van der Waals surface area contributed by atoms with E-state index in [0.717, 1.165) is 11.3 Å². The summed E-state index contributed by atoms with van der Waals surface area (Å²) in [6.45, 7) is 5.80. The molecule has 0 saturated carbocycles. The lowest BCUT2D eigenvalue weighted by atomic mass is 10.2. The van der Waals surface area contributed by atoms with Gasteiger partial charge in [0.1, 0.15) is 17.2 Å². The molecular formula is C19H23FN2O3. The number of rotatable bonds is 5. The Hall–Kier alpha value is -2.76. The number of nitrogens with one attached hydrogen (secondary N) is 2. The third kappa shape index (κ3) is 5.99. The van der Waals surface area contributed by atoms with Gasteiger partial charge in [-0.25, -0.2) is 9.18 Å². The molecule has 0 spiro atoms. The molecule has 2 aromatic carbocycles. The van der Waals surface area contributed by atoms with Gasteiger partial charge in [0.05, 0.1) is 18.5 Å². The third-order valence-corrected chi connectivity index (χ3v) is 3.26. The monoisotopic (exact) mass is 346 g/mol. The fourth-order valence-electron chi connectivity index (χ4n) is 2.13. The van der Waals surface area contributed by atoms with Crippen molar-refractivity contribution in [1.82, 2.24) is 0 Å². The Balaban J connectivity index is 2.08. The molecule has 0 aromatic heterocycles. The zero-order chi connectivity index (χ0) is 18.4. The van der Waals surface area contributed by atoms with Gasteiger partial charge < -0.3 is 14.8 Å². The van der Waals surface area contributed by atoms with Gasteiger partial charge in [-0.3, -0.25) is 5.32 Å². The summed E-state index contributed by atoms with van der Waals surface area (Å²) in [4.78, 5) is 11.9. The highest BCUT2D eigenvalue weighted by atomic mass is 19.1. The van der Waals surface area contributed by atoms with Crippen LogP contribution in [-0.2, 0) is 11.3 Å². The van der Waals surface area contributed by atoms with Gasteiger partial charge in [0.2, 0.25) is 0 Å². The lowest BCUT2D eigenvalue weighted by Gasteiger charge is -2.20. The fraction of sp³-hybridized carbons (Fsp3) is 0.316. The van der Waals surface area contributed by atoms with Crippen LogP contribution in [0.1, 0.15) is 26.3 Å². The Morgan fingerprint density at radius 3 is 2.36 bits per heavy atom. The van der Waals surface area contributed by atoms with E-state index in [1.807, 2.05) is 24.3 Å². The van der Waals surface area contributed by atoms with Gasteiger partial charge in [0, 0.05) is 6.54 Å². The van der Waals surface area contributed by atoms with Crippen LogP contribution < -0.4 is 15.4 Å². The Morgan fingerprint density at radius 1 is 1.08 bits per heavy atom. The largest absolute Gasteiger partial charge is 0.497 e. The maximum absolute atomic E-state index is 13.6. The number of hydrogen-bond acceptors (Lipinski definition) is 4. The summed E-state index contributed by atoms with van der Waals surface area (Å²) in [5.41, 5.74) is 1.31. The normalized spacial score (nSPS) is 10.9. The van der Waals surface area contributed by atoms with Crippen molar-refractivity contribution in [2.24, 2.45) is 0 Å². The molecule has 2 rings (SSSR count). The van der Waals surface area contributed by atoms with Crippen molar-refractivity contribution in [2.45, 2.75) is 32.9 Å². The highest BCUT2D eigenvalue weighted by molar-refractivity contribution is 5.89. The maximum atomic E-state index is 13.6. The van der Waals surface area contributed by atoms with Crippen LogP contribution in [-0.4, -0.2) is 18.8 Å². The summed E-state index contributed by atoms with van der Waals surface area (Å²) < 4.78 is 23.9. The number of anilines is 2. The summed E-state index contributed by atoms with van der Waals surface area (Å²) in [5.74, 6) is 0.369. The van der Waals surface area contributed by atoms with E-state index < -0.39 is 17.5 Å². The predicted octanol–water partition coefficient (Wildman–Crippen LogP) is 4.79. The Labute approximate surface area is 147 Å². The number of methoxy groups -OCH3 is 1. The van der Waals surface area contributed by atoms with Gasteiger partial charge >= 0.3 is 6.09 Å². The molecule has 25 heavy (non-hydrogen) atoms. The molecule has 0 saturated heterocycles. The van der Waals surface area contributed by atoms with Crippen molar-refractivity contribution in [3.63, 3.8) is 0 Å². The van der Waals surface area contributed by atoms with Gasteiger partial charge in [0.15, 0.2) is 0 Å². The van der Waals surface area contributed by atoms with Crippen LogP contribution in [0.4, 0.5) is 20.6 Å². The molecule has 0 heterocycles. The smallest absolute Gasteiger partial charge is 0.412 e. The fourth-order valence-corrected chi connectivity index (χ4v) is 2.13. The van der Waals surface area contributed by atoms with E-state index in [0.29, 0.717) is 17.9 Å². The van der Waals surface area contributed by atoms with Crippen molar-refractivity contribution in [3.05, 3.63) is 53.8 Å². The summed E-state index contributed by atoms with van der Waals surface area (Å²) >= 11 is 0. The number of hydrogen-bond donors (Lipinski definition) is 2. The molecule has 0 fully saturated rings. The molecule has 2 aromatic rings. The van der Waals surface area contributed by atoms with Gasteiger partial charge in [-0.05, 0) is 56.7 Å². The van der Waals surface area contributed by atoms with Crippen molar-refractivity contribution < 1.29 is 18.7 Å². The van der Waals surface area contributed by atoms with E-state index in [1.54, 1.807) is 27.9 Å². The molecule has 0 aliphatic carbocycles. The summed E-state index contributed by atoms with van der Waals surface area (Å²) in [6, 6.07) is 11.6. The number of ether oxygens (including phenoxy) is 2. The van der Waals surface area contributed by atoms with E-state index in [2.05, 4.69) is 10.6 Å². The second kappa shape index (κ2) is 7.88. The number of carbonyl (C=O) groups is 1. The van der Waals surface area contributed by atoms with Crippen LogP contribution in [0.15, 0.2) is 42.5 Å². The second-order valence-corrected chi connectivity index (χ2v) is 6.52. The zero-order valence-electron chi connectivity index (χ0n) is 14.9. The number of amides is 1. The molecular weight excluding hydrogens is 323 g/mol. The molecule has 0 unspecified atom stereocenters. The molecule has 0 bridgehead atoms. The Kier molecular flexibility index (Phi) is 5.85. The summed E-state index contributed by atoms with van der Waals surface area (Å²) in [6.07, 6.45) is -0.591. The van der Waals surface area contributed by atoms with Gasteiger partial charge in [-0.2, -0.15) is 0 Å². The first-order valence-electron chi connectivity index (χ1n) is 7.93. The first kappa shape index (κ1) is 18.6. The highest BCUT2D eigenvalue weighted by Crippen LogP contribution is 2.24. The molecule has 0 aliphatic rings. The first-order valence-corrected chi connectivity index (χ1v) is 7.93. The molecule has 0 atom stereocenters. The van der Waals surface area contributed by atoms with Crippen LogP contribution >= 0.6 is 0 Å². The molecule has 2 N–H and O–H groups in total. The number of halogens is 1. The van der Waals surface area contributed by atoms with Crippen molar-refractivity contribution in [2.75, 3.05) is 17.7 Å². The quantitative estimate of drug-likeness (QED) is 0.817. The summed E-state index contributed by atoms with van der Waals surface area (Å²) in [7, 11) is 1.61.